The Labute approximate surface area is 100 Å². The first-order valence-corrected chi connectivity index (χ1v) is 7.02. The van der Waals surface area contributed by atoms with Gasteiger partial charge in [0.15, 0.2) is 0 Å². The number of rotatable bonds is 2. The lowest BCUT2D eigenvalue weighted by atomic mass is 9.75. The minimum atomic E-state index is 0.145. The van der Waals surface area contributed by atoms with Gasteiger partial charge in [0.1, 0.15) is 0 Å². The fourth-order valence-corrected chi connectivity index (χ4v) is 3.36. The summed E-state index contributed by atoms with van der Waals surface area (Å²) in [7, 11) is 0. The molecule has 94 valence electrons. The highest BCUT2D eigenvalue weighted by atomic mass is 16.3. The Bertz CT molecular complexity index is 213. The third-order valence-electron chi connectivity index (χ3n) is 4.95. The van der Waals surface area contributed by atoms with Crippen LogP contribution in [0.2, 0.25) is 0 Å². The Morgan fingerprint density at radius 3 is 2.00 bits per heavy atom. The predicted octanol–water partition coefficient (Wildman–Crippen LogP) is 2.66. The lowest BCUT2D eigenvalue weighted by Gasteiger charge is -2.49. The van der Waals surface area contributed by atoms with Gasteiger partial charge >= 0.3 is 0 Å². The molecule has 0 bridgehead atoms. The van der Waals surface area contributed by atoms with Crippen molar-refractivity contribution in [2.45, 2.75) is 57.9 Å². The molecule has 1 aliphatic carbocycles. The number of piperidine rings is 1. The van der Waals surface area contributed by atoms with E-state index in [0.717, 1.165) is 11.8 Å². The molecule has 2 aliphatic rings. The molecule has 1 heterocycles. The van der Waals surface area contributed by atoms with Gasteiger partial charge in [0, 0.05) is 5.54 Å². The molecule has 0 aromatic carbocycles. The molecule has 2 nitrogen and oxygen atoms in total. The smallest absolute Gasteiger partial charge is 0.0615 e. The number of hydrogen-bond donors (Lipinski definition) is 1. The molecule has 0 atom stereocenters. The monoisotopic (exact) mass is 225 g/mol. The number of likely N-dealkylation sites (tertiary alicyclic amines) is 1. The number of nitrogens with zero attached hydrogens (tertiary/aromatic N) is 1. The molecule has 0 aromatic heterocycles. The standard InChI is InChI=1S/C14H27NO/c1-12-3-7-14(11-16,8-4-12)15-9-5-13(2)6-10-15/h12-13,16H,3-11H2,1-2H3. The lowest BCUT2D eigenvalue weighted by molar-refractivity contribution is -0.0252. The van der Waals surface area contributed by atoms with Gasteiger partial charge in [-0.1, -0.05) is 13.8 Å². The average Bonchev–Trinajstić information content (AvgIpc) is 2.32. The third kappa shape index (κ3) is 2.43. The van der Waals surface area contributed by atoms with Gasteiger partial charge in [0.05, 0.1) is 6.61 Å². The van der Waals surface area contributed by atoms with Crippen LogP contribution in [0.4, 0.5) is 0 Å². The van der Waals surface area contributed by atoms with E-state index >= 15 is 0 Å². The summed E-state index contributed by atoms with van der Waals surface area (Å²) in [6.07, 6.45) is 7.64. The van der Waals surface area contributed by atoms with Gasteiger partial charge in [-0.25, -0.2) is 0 Å². The highest BCUT2D eigenvalue weighted by molar-refractivity contribution is 4.95. The third-order valence-corrected chi connectivity index (χ3v) is 4.95. The lowest BCUT2D eigenvalue weighted by Crippen LogP contribution is -2.55. The molecule has 0 spiro atoms. The van der Waals surface area contributed by atoms with Crippen LogP contribution in [-0.2, 0) is 0 Å². The van der Waals surface area contributed by atoms with E-state index in [1.807, 2.05) is 0 Å². The van der Waals surface area contributed by atoms with Gasteiger partial charge < -0.3 is 5.11 Å². The van der Waals surface area contributed by atoms with E-state index in [-0.39, 0.29) is 5.54 Å². The Balaban J connectivity index is 1.98. The van der Waals surface area contributed by atoms with Crippen molar-refractivity contribution < 1.29 is 5.11 Å². The maximum absolute atomic E-state index is 9.80. The van der Waals surface area contributed by atoms with Gasteiger partial charge in [-0.05, 0) is 63.5 Å². The Morgan fingerprint density at radius 2 is 1.50 bits per heavy atom. The van der Waals surface area contributed by atoms with E-state index < -0.39 is 0 Å². The van der Waals surface area contributed by atoms with Crippen molar-refractivity contribution in [3.05, 3.63) is 0 Å². The van der Waals surface area contributed by atoms with Gasteiger partial charge in [0.25, 0.3) is 0 Å². The summed E-state index contributed by atoms with van der Waals surface area (Å²) in [5.41, 5.74) is 0.145. The SMILES string of the molecule is CC1CCN(C2(CO)CCC(C)CC2)CC1. The maximum atomic E-state index is 9.80. The summed E-state index contributed by atoms with van der Waals surface area (Å²) in [6, 6.07) is 0. The van der Waals surface area contributed by atoms with E-state index in [2.05, 4.69) is 18.7 Å². The minimum Gasteiger partial charge on any atom is -0.394 e. The van der Waals surface area contributed by atoms with E-state index in [0.29, 0.717) is 6.61 Å². The van der Waals surface area contributed by atoms with Gasteiger partial charge in [-0.3, -0.25) is 4.90 Å². The summed E-state index contributed by atoms with van der Waals surface area (Å²) in [4.78, 5) is 2.60. The molecule has 2 rings (SSSR count). The fourth-order valence-electron chi connectivity index (χ4n) is 3.36. The van der Waals surface area contributed by atoms with Crippen molar-refractivity contribution in [2.24, 2.45) is 11.8 Å². The van der Waals surface area contributed by atoms with Crippen molar-refractivity contribution in [3.8, 4) is 0 Å². The molecule has 2 fully saturated rings. The van der Waals surface area contributed by atoms with Crippen LogP contribution in [0.5, 0.6) is 0 Å². The molecule has 1 aliphatic heterocycles. The molecule has 1 saturated heterocycles. The van der Waals surface area contributed by atoms with Crippen LogP contribution < -0.4 is 0 Å². The normalized spacial score (nSPS) is 38.8. The number of aliphatic hydroxyl groups excluding tert-OH is 1. The first kappa shape index (κ1) is 12.4. The molecule has 1 N–H and O–H groups in total. The minimum absolute atomic E-state index is 0.145. The van der Waals surface area contributed by atoms with Crippen molar-refractivity contribution in [1.29, 1.82) is 0 Å². The molecular formula is C14H27NO. The van der Waals surface area contributed by atoms with Crippen molar-refractivity contribution >= 4 is 0 Å². The van der Waals surface area contributed by atoms with E-state index in [4.69, 9.17) is 0 Å². The second-order valence-electron chi connectivity index (χ2n) is 6.23. The predicted molar refractivity (Wildman–Crippen MR) is 67.4 cm³/mol. The van der Waals surface area contributed by atoms with Crippen LogP contribution >= 0.6 is 0 Å². The topological polar surface area (TPSA) is 23.5 Å². The van der Waals surface area contributed by atoms with E-state index in [9.17, 15) is 5.11 Å². The number of aliphatic hydroxyl groups is 1. The van der Waals surface area contributed by atoms with Crippen molar-refractivity contribution in [1.82, 2.24) is 4.90 Å². The van der Waals surface area contributed by atoms with Crippen molar-refractivity contribution in [2.75, 3.05) is 19.7 Å². The highest BCUT2D eigenvalue weighted by Gasteiger charge is 2.39. The Kier molecular flexibility index (Phi) is 3.91. The molecule has 2 heteroatoms. The highest BCUT2D eigenvalue weighted by Crippen LogP contribution is 2.38. The van der Waals surface area contributed by atoms with Crippen LogP contribution in [0, 0.1) is 11.8 Å². The largest absolute Gasteiger partial charge is 0.394 e. The zero-order valence-corrected chi connectivity index (χ0v) is 10.9. The second-order valence-corrected chi connectivity index (χ2v) is 6.23. The molecule has 0 aromatic rings. The first-order valence-electron chi connectivity index (χ1n) is 7.02. The van der Waals surface area contributed by atoms with Crippen LogP contribution in [0.1, 0.15) is 52.4 Å². The Morgan fingerprint density at radius 1 is 1.00 bits per heavy atom. The van der Waals surface area contributed by atoms with Gasteiger partial charge in [0.2, 0.25) is 0 Å². The van der Waals surface area contributed by atoms with Gasteiger partial charge in [-0.15, -0.1) is 0 Å². The average molecular weight is 225 g/mol. The zero-order valence-electron chi connectivity index (χ0n) is 10.9. The van der Waals surface area contributed by atoms with Crippen LogP contribution in [-0.4, -0.2) is 35.2 Å². The molecular weight excluding hydrogens is 198 g/mol. The summed E-state index contributed by atoms with van der Waals surface area (Å²) in [5.74, 6) is 1.75. The maximum Gasteiger partial charge on any atom is 0.0615 e. The van der Waals surface area contributed by atoms with Crippen molar-refractivity contribution in [3.63, 3.8) is 0 Å². The van der Waals surface area contributed by atoms with Crippen LogP contribution in [0.3, 0.4) is 0 Å². The molecule has 0 amide bonds. The van der Waals surface area contributed by atoms with Gasteiger partial charge in [-0.2, -0.15) is 0 Å². The zero-order chi connectivity index (χ0) is 11.6. The fraction of sp³-hybridized carbons (Fsp3) is 1.00. The Hall–Kier alpha value is -0.0800. The van der Waals surface area contributed by atoms with Crippen LogP contribution in [0.25, 0.3) is 0 Å². The second kappa shape index (κ2) is 5.05. The molecule has 0 radical (unpaired) electrons. The summed E-state index contributed by atoms with van der Waals surface area (Å²) in [5, 5.41) is 9.80. The van der Waals surface area contributed by atoms with Crippen LogP contribution in [0.15, 0.2) is 0 Å². The molecule has 16 heavy (non-hydrogen) atoms. The number of hydrogen-bond acceptors (Lipinski definition) is 2. The van der Waals surface area contributed by atoms with E-state index in [1.54, 1.807) is 0 Å². The first-order chi connectivity index (χ1) is 7.66. The summed E-state index contributed by atoms with van der Waals surface area (Å²) in [6.45, 7) is 7.48. The summed E-state index contributed by atoms with van der Waals surface area (Å²) >= 11 is 0. The molecule has 1 saturated carbocycles. The molecule has 0 unspecified atom stereocenters. The van der Waals surface area contributed by atoms with E-state index in [1.165, 1.54) is 51.6 Å². The summed E-state index contributed by atoms with van der Waals surface area (Å²) < 4.78 is 0. The quantitative estimate of drug-likeness (QED) is 0.781.